The van der Waals surface area contributed by atoms with Gasteiger partial charge in [0.15, 0.2) is 5.75 Å². The minimum absolute atomic E-state index is 0.336. The van der Waals surface area contributed by atoms with E-state index in [4.69, 9.17) is 39.5 Å². The second-order valence-electron chi connectivity index (χ2n) is 3.43. The van der Waals surface area contributed by atoms with E-state index in [2.05, 4.69) is 0 Å². The van der Waals surface area contributed by atoms with Gasteiger partial charge in [0, 0.05) is 10.6 Å². The van der Waals surface area contributed by atoms with Gasteiger partial charge in [0.1, 0.15) is 6.61 Å². The molecule has 2 aromatic carbocycles. The molecule has 2 aromatic rings. The van der Waals surface area contributed by atoms with E-state index in [1.807, 2.05) is 24.3 Å². The van der Waals surface area contributed by atoms with E-state index in [1.54, 1.807) is 18.2 Å². The van der Waals surface area contributed by atoms with E-state index in [-0.39, 0.29) is 0 Å². The van der Waals surface area contributed by atoms with Crippen molar-refractivity contribution in [1.82, 2.24) is 0 Å². The van der Waals surface area contributed by atoms with Crippen molar-refractivity contribution >= 4 is 34.8 Å². The number of hydrogen-bond acceptors (Lipinski definition) is 1. The summed E-state index contributed by atoms with van der Waals surface area (Å²) in [5.74, 6) is 0.482. The average molecular weight is 288 g/mol. The predicted molar refractivity (Wildman–Crippen MR) is 72.2 cm³/mol. The summed E-state index contributed by atoms with van der Waals surface area (Å²) in [4.78, 5) is 0. The smallest absolute Gasteiger partial charge is 0.156 e. The summed E-state index contributed by atoms with van der Waals surface area (Å²) in [6.07, 6.45) is 0. The maximum absolute atomic E-state index is 6.02. The number of halogens is 3. The number of hydrogen-bond donors (Lipinski definition) is 0. The first kappa shape index (κ1) is 12.6. The zero-order valence-electron chi connectivity index (χ0n) is 8.79. The average Bonchev–Trinajstić information content (AvgIpc) is 2.30. The van der Waals surface area contributed by atoms with Crippen molar-refractivity contribution in [2.45, 2.75) is 6.61 Å². The molecule has 17 heavy (non-hydrogen) atoms. The summed E-state index contributed by atoms with van der Waals surface area (Å²) in [7, 11) is 0. The van der Waals surface area contributed by atoms with Crippen LogP contribution in [0.15, 0.2) is 42.5 Å². The van der Waals surface area contributed by atoms with E-state index in [0.717, 1.165) is 5.56 Å². The molecule has 1 nitrogen and oxygen atoms in total. The third-order valence-corrected chi connectivity index (χ3v) is 3.21. The molecule has 0 unspecified atom stereocenters. The van der Waals surface area contributed by atoms with Crippen molar-refractivity contribution < 1.29 is 4.74 Å². The zero-order valence-corrected chi connectivity index (χ0v) is 11.1. The predicted octanol–water partition coefficient (Wildman–Crippen LogP) is 5.23. The minimum Gasteiger partial charge on any atom is -0.486 e. The fraction of sp³-hybridized carbons (Fsp3) is 0.0769. The molecule has 0 spiro atoms. The molecule has 0 saturated carbocycles. The topological polar surface area (TPSA) is 9.23 Å². The molecule has 4 heteroatoms. The van der Waals surface area contributed by atoms with Crippen LogP contribution in [-0.4, -0.2) is 0 Å². The van der Waals surface area contributed by atoms with Crippen molar-refractivity contribution in [2.24, 2.45) is 0 Å². The standard InChI is InChI=1S/C13H9Cl3O/c14-10-5-2-1-4-9(10)8-17-13-11(15)6-3-7-12(13)16/h1-7H,8H2. The van der Waals surface area contributed by atoms with Crippen LogP contribution in [-0.2, 0) is 6.61 Å². The van der Waals surface area contributed by atoms with Crippen LogP contribution >= 0.6 is 34.8 Å². The highest BCUT2D eigenvalue weighted by atomic mass is 35.5. The Labute approximate surface area is 115 Å². The molecule has 88 valence electrons. The summed E-state index contributed by atoms with van der Waals surface area (Å²) in [5, 5.41) is 1.64. The molecular weight excluding hydrogens is 279 g/mol. The second kappa shape index (κ2) is 5.63. The quantitative estimate of drug-likeness (QED) is 0.751. The Kier molecular flexibility index (Phi) is 4.16. The Morgan fingerprint density at radius 3 is 2.00 bits per heavy atom. The lowest BCUT2D eigenvalue weighted by Gasteiger charge is -2.10. The Morgan fingerprint density at radius 2 is 1.35 bits per heavy atom. The summed E-state index contributed by atoms with van der Waals surface area (Å²) in [5.41, 5.74) is 0.894. The molecule has 0 fully saturated rings. The van der Waals surface area contributed by atoms with Crippen molar-refractivity contribution in [3.8, 4) is 5.75 Å². The van der Waals surface area contributed by atoms with Crippen molar-refractivity contribution in [3.05, 3.63) is 63.1 Å². The maximum Gasteiger partial charge on any atom is 0.156 e. The number of ether oxygens (including phenoxy) is 1. The van der Waals surface area contributed by atoms with Crippen LogP contribution < -0.4 is 4.74 Å². The van der Waals surface area contributed by atoms with Gasteiger partial charge in [0.2, 0.25) is 0 Å². The van der Waals surface area contributed by atoms with Crippen LogP contribution in [0.4, 0.5) is 0 Å². The largest absolute Gasteiger partial charge is 0.486 e. The molecule has 0 bridgehead atoms. The first-order valence-electron chi connectivity index (χ1n) is 4.98. The third kappa shape index (κ3) is 3.06. The summed E-state index contributed by atoms with van der Waals surface area (Å²) in [6, 6.07) is 12.7. The lowest BCUT2D eigenvalue weighted by molar-refractivity contribution is 0.306. The Morgan fingerprint density at radius 1 is 0.765 bits per heavy atom. The van der Waals surface area contributed by atoms with Crippen LogP contribution in [0, 0.1) is 0 Å². The van der Waals surface area contributed by atoms with Gasteiger partial charge in [-0.2, -0.15) is 0 Å². The molecule has 0 radical (unpaired) electrons. The van der Waals surface area contributed by atoms with Gasteiger partial charge >= 0.3 is 0 Å². The summed E-state index contributed by atoms with van der Waals surface area (Å²) < 4.78 is 5.59. The van der Waals surface area contributed by atoms with Crippen LogP contribution in [0.2, 0.25) is 15.1 Å². The lowest BCUT2D eigenvalue weighted by Crippen LogP contribution is -1.97. The summed E-state index contributed by atoms with van der Waals surface area (Å²) >= 11 is 18.0. The number of benzene rings is 2. The van der Waals surface area contributed by atoms with Crippen LogP contribution in [0.3, 0.4) is 0 Å². The molecule has 0 aliphatic rings. The highest BCUT2D eigenvalue weighted by Gasteiger charge is 2.07. The molecular formula is C13H9Cl3O. The van der Waals surface area contributed by atoms with E-state index >= 15 is 0 Å². The van der Waals surface area contributed by atoms with Gasteiger partial charge in [0.25, 0.3) is 0 Å². The van der Waals surface area contributed by atoms with Crippen molar-refractivity contribution in [1.29, 1.82) is 0 Å². The molecule has 0 aliphatic carbocycles. The zero-order chi connectivity index (χ0) is 12.3. The van der Waals surface area contributed by atoms with Crippen molar-refractivity contribution in [2.75, 3.05) is 0 Å². The van der Waals surface area contributed by atoms with Gasteiger partial charge in [-0.25, -0.2) is 0 Å². The SMILES string of the molecule is Clc1ccccc1COc1c(Cl)cccc1Cl. The number of rotatable bonds is 3. The minimum atomic E-state index is 0.336. The van der Waals surface area contributed by atoms with Gasteiger partial charge in [-0.3, -0.25) is 0 Å². The highest BCUT2D eigenvalue weighted by molar-refractivity contribution is 6.37. The fourth-order valence-electron chi connectivity index (χ4n) is 1.39. The van der Waals surface area contributed by atoms with E-state index in [0.29, 0.717) is 27.4 Å². The normalized spacial score (nSPS) is 10.3. The first-order chi connectivity index (χ1) is 8.18. The van der Waals surface area contributed by atoms with E-state index in [9.17, 15) is 0 Å². The molecule has 0 aromatic heterocycles. The van der Waals surface area contributed by atoms with Gasteiger partial charge in [0.05, 0.1) is 10.0 Å². The molecule has 0 aliphatic heterocycles. The molecule has 2 rings (SSSR count). The molecule has 0 N–H and O–H groups in total. The van der Waals surface area contributed by atoms with Crippen LogP contribution in [0.1, 0.15) is 5.56 Å². The highest BCUT2D eigenvalue weighted by Crippen LogP contribution is 2.33. The summed E-state index contributed by atoms with van der Waals surface area (Å²) in [6.45, 7) is 0.336. The lowest BCUT2D eigenvalue weighted by atomic mass is 10.2. The van der Waals surface area contributed by atoms with Crippen LogP contribution in [0.5, 0.6) is 5.75 Å². The Bertz CT molecular complexity index is 506. The van der Waals surface area contributed by atoms with E-state index < -0.39 is 0 Å². The van der Waals surface area contributed by atoms with Gasteiger partial charge < -0.3 is 4.74 Å². The van der Waals surface area contributed by atoms with E-state index in [1.165, 1.54) is 0 Å². The first-order valence-corrected chi connectivity index (χ1v) is 6.12. The molecule has 0 atom stereocenters. The number of para-hydroxylation sites is 1. The van der Waals surface area contributed by atoms with Gasteiger partial charge in [-0.05, 0) is 18.2 Å². The fourth-order valence-corrected chi connectivity index (χ4v) is 2.08. The van der Waals surface area contributed by atoms with Gasteiger partial charge in [-0.15, -0.1) is 0 Å². The van der Waals surface area contributed by atoms with Crippen molar-refractivity contribution in [3.63, 3.8) is 0 Å². The Balaban J connectivity index is 2.16. The third-order valence-electron chi connectivity index (χ3n) is 2.25. The molecule has 0 heterocycles. The van der Waals surface area contributed by atoms with Crippen LogP contribution in [0.25, 0.3) is 0 Å². The maximum atomic E-state index is 6.02. The second-order valence-corrected chi connectivity index (χ2v) is 4.65. The Hall–Kier alpha value is -0.890. The monoisotopic (exact) mass is 286 g/mol. The molecule has 0 amide bonds. The molecule has 0 saturated heterocycles. The van der Waals surface area contributed by atoms with Gasteiger partial charge in [-0.1, -0.05) is 59.1 Å².